The highest BCUT2D eigenvalue weighted by Gasteiger charge is 2.28. The summed E-state index contributed by atoms with van der Waals surface area (Å²) in [5, 5.41) is 3.44. The number of fused-ring (bicyclic) bond motifs is 1. The maximum absolute atomic E-state index is 14.6. The molecular weight excluding hydrogens is 443 g/mol. The van der Waals surface area contributed by atoms with Crippen molar-refractivity contribution in [1.29, 1.82) is 0 Å². The largest absolute Gasteiger partial charge is 0.771 e. The molecule has 2 unspecified atom stereocenters. The number of carbonyl (C=O) groups excluding carboxylic acids is 2. The Labute approximate surface area is 183 Å². The van der Waals surface area contributed by atoms with Crippen LogP contribution in [0.1, 0.15) is 28.8 Å². The molecule has 2 heterocycles. The lowest BCUT2D eigenvalue weighted by molar-refractivity contribution is -0.126. The molecule has 1 aromatic carbocycles. The molecule has 11 heteroatoms. The van der Waals surface area contributed by atoms with Crippen molar-refractivity contribution < 1.29 is 22.7 Å². The zero-order valence-corrected chi connectivity index (χ0v) is 18.0. The second kappa shape index (κ2) is 8.77. The molecule has 0 saturated heterocycles. The molecule has 1 fully saturated rings. The highest BCUT2D eigenvalue weighted by Crippen LogP contribution is 2.34. The monoisotopic (exact) mass is 461 g/mol. The number of thiazole rings is 1. The Morgan fingerprint density at radius 1 is 1.35 bits per heavy atom. The summed E-state index contributed by atoms with van der Waals surface area (Å²) in [6.07, 6.45) is 3.35. The van der Waals surface area contributed by atoms with Crippen LogP contribution >= 0.6 is 11.3 Å². The predicted octanol–water partition coefficient (Wildman–Crippen LogP) is 2.12. The standard InChI is InChI=1S/C20H19FN4O4S2/c1-10-2-3-11(8-22-10)13-6-16-15(7-14(13)21)25-20(30-16)18(31(28)29)19(27)23-9-17(26)24-12-4-5-12/h2-3,6-8,12,18H,4-5,9H2,1H3,(H,23,27)(H,24,26)(H,28,29)/p-1. The smallest absolute Gasteiger partial charge is 0.242 e. The second-order valence-corrected chi connectivity index (χ2v) is 9.29. The molecule has 1 saturated carbocycles. The summed E-state index contributed by atoms with van der Waals surface area (Å²) >= 11 is -1.84. The van der Waals surface area contributed by atoms with Crippen molar-refractivity contribution in [3.8, 4) is 11.1 Å². The van der Waals surface area contributed by atoms with E-state index in [9.17, 15) is 22.7 Å². The van der Waals surface area contributed by atoms with Crippen LogP contribution in [0.5, 0.6) is 0 Å². The molecule has 162 valence electrons. The van der Waals surface area contributed by atoms with E-state index in [1.807, 2.05) is 6.92 Å². The van der Waals surface area contributed by atoms with Crippen molar-refractivity contribution >= 4 is 44.4 Å². The number of carbonyl (C=O) groups is 2. The molecule has 1 aliphatic rings. The zero-order valence-electron chi connectivity index (χ0n) is 16.4. The Hall–Kier alpha value is -2.76. The van der Waals surface area contributed by atoms with E-state index in [0.717, 1.165) is 29.9 Å². The molecular formula is C20H18FN4O4S2-. The van der Waals surface area contributed by atoms with E-state index in [1.54, 1.807) is 24.4 Å². The van der Waals surface area contributed by atoms with Gasteiger partial charge in [0, 0.05) is 35.1 Å². The van der Waals surface area contributed by atoms with E-state index in [-0.39, 0.29) is 29.0 Å². The van der Waals surface area contributed by atoms with Crippen molar-refractivity contribution in [2.45, 2.75) is 31.1 Å². The first-order valence-corrected chi connectivity index (χ1v) is 11.5. The summed E-state index contributed by atoms with van der Waals surface area (Å²) < 4.78 is 38.7. The third-order valence-electron chi connectivity index (χ3n) is 4.74. The van der Waals surface area contributed by atoms with Crippen LogP contribution in [-0.4, -0.2) is 43.1 Å². The van der Waals surface area contributed by atoms with Crippen molar-refractivity contribution in [3.63, 3.8) is 0 Å². The Bertz CT molecular complexity index is 1180. The molecule has 2 aromatic heterocycles. The lowest BCUT2D eigenvalue weighted by Crippen LogP contribution is -2.40. The molecule has 2 atom stereocenters. The molecule has 0 spiro atoms. The van der Waals surface area contributed by atoms with Crippen LogP contribution in [0.3, 0.4) is 0 Å². The average Bonchev–Trinajstić information content (AvgIpc) is 3.44. The normalized spacial score (nSPS) is 15.5. The first-order valence-electron chi connectivity index (χ1n) is 9.50. The predicted molar refractivity (Wildman–Crippen MR) is 113 cm³/mol. The second-order valence-electron chi connectivity index (χ2n) is 7.24. The van der Waals surface area contributed by atoms with Crippen LogP contribution in [0.15, 0.2) is 30.5 Å². The molecule has 4 rings (SSSR count). The topological polar surface area (TPSA) is 124 Å². The fourth-order valence-corrected chi connectivity index (χ4v) is 4.80. The van der Waals surface area contributed by atoms with Gasteiger partial charge < -0.3 is 15.2 Å². The van der Waals surface area contributed by atoms with Gasteiger partial charge in [0.1, 0.15) is 10.8 Å². The van der Waals surface area contributed by atoms with Crippen molar-refractivity contribution in [1.82, 2.24) is 20.6 Å². The highest BCUT2D eigenvalue weighted by atomic mass is 32.2. The van der Waals surface area contributed by atoms with Crippen molar-refractivity contribution in [3.05, 3.63) is 47.0 Å². The van der Waals surface area contributed by atoms with Gasteiger partial charge in [-0.1, -0.05) is 6.07 Å². The van der Waals surface area contributed by atoms with Gasteiger partial charge in [-0.15, -0.1) is 11.3 Å². The van der Waals surface area contributed by atoms with Gasteiger partial charge in [0.15, 0.2) is 5.25 Å². The maximum Gasteiger partial charge on any atom is 0.242 e. The van der Waals surface area contributed by atoms with Crippen LogP contribution in [-0.2, 0) is 20.7 Å². The number of hydrogen-bond acceptors (Lipinski definition) is 7. The average molecular weight is 462 g/mol. The number of rotatable bonds is 7. The third kappa shape index (κ3) is 4.94. The first-order chi connectivity index (χ1) is 14.8. The van der Waals surface area contributed by atoms with Gasteiger partial charge >= 0.3 is 0 Å². The fraction of sp³-hybridized carbons (Fsp3) is 0.300. The molecule has 3 aromatic rings. The fourth-order valence-electron chi connectivity index (χ4n) is 2.98. The molecule has 8 nitrogen and oxygen atoms in total. The van der Waals surface area contributed by atoms with Gasteiger partial charge in [-0.05, 0) is 43.0 Å². The summed E-state index contributed by atoms with van der Waals surface area (Å²) in [7, 11) is 0. The third-order valence-corrected chi connectivity index (χ3v) is 6.79. The van der Waals surface area contributed by atoms with Crippen LogP contribution < -0.4 is 10.6 Å². The van der Waals surface area contributed by atoms with Gasteiger partial charge in [-0.3, -0.25) is 18.8 Å². The summed E-state index contributed by atoms with van der Waals surface area (Å²) in [4.78, 5) is 32.5. The Morgan fingerprint density at radius 2 is 2.13 bits per heavy atom. The lowest BCUT2D eigenvalue weighted by atomic mass is 10.1. The molecule has 0 bridgehead atoms. The van der Waals surface area contributed by atoms with Crippen LogP contribution in [0, 0.1) is 12.7 Å². The first kappa shape index (κ1) is 21.5. The van der Waals surface area contributed by atoms with Crippen molar-refractivity contribution in [2.24, 2.45) is 0 Å². The zero-order chi connectivity index (χ0) is 22.1. The number of nitrogens with zero attached hydrogens (tertiary/aromatic N) is 2. The molecule has 2 amide bonds. The quantitative estimate of drug-likeness (QED) is 0.520. The van der Waals surface area contributed by atoms with Crippen LogP contribution in [0.25, 0.3) is 21.3 Å². The van der Waals surface area contributed by atoms with Gasteiger partial charge in [-0.2, -0.15) is 0 Å². The summed E-state index contributed by atoms with van der Waals surface area (Å²) in [5.74, 6) is -1.77. The summed E-state index contributed by atoms with van der Waals surface area (Å²) in [6, 6.07) is 6.40. The SMILES string of the molecule is Cc1ccc(-c2cc3sc(C(C(=O)NCC(=O)NC4CC4)S(=O)[O-])nc3cc2F)cn1. The van der Waals surface area contributed by atoms with E-state index >= 15 is 0 Å². The maximum atomic E-state index is 14.6. The number of hydrogen-bond donors (Lipinski definition) is 2. The molecule has 31 heavy (non-hydrogen) atoms. The van der Waals surface area contributed by atoms with Gasteiger partial charge in [0.25, 0.3) is 0 Å². The molecule has 0 aliphatic heterocycles. The van der Waals surface area contributed by atoms with Gasteiger partial charge in [0.2, 0.25) is 11.8 Å². The summed E-state index contributed by atoms with van der Waals surface area (Å²) in [6.45, 7) is 1.50. The number of amides is 2. The number of nitrogens with one attached hydrogen (secondary N) is 2. The van der Waals surface area contributed by atoms with Gasteiger partial charge in [-0.25, -0.2) is 9.37 Å². The minimum atomic E-state index is -2.82. The van der Waals surface area contributed by atoms with Crippen molar-refractivity contribution in [2.75, 3.05) is 6.54 Å². The van der Waals surface area contributed by atoms with Crippen LogP contribution in [0.2, 0.25) is 0 Å². The Morgan fingerprint density at radius 3 is 2.77 bits per heavy atom. The molecule has 1 aliphatic carbocycles. The minimum absolute atomic E-state index is 0.00187. The molecule has 2 N–H and O–H groups in total. The number of aromatic nitrogens is 2. The number of pyridine rings is 1. The number of halogens is 1. The van der Waals surface area contributed by atoms with Crippen LogP contribution in [0.4, 0.5) is 4.39 Å². The van der Waals surface area contributed by atoms with Gasteiger partial charge in [0.05, 0.1) is 16.8 Å². The number of aryl methyl sites for hydroxylation is 1. The van der Waals surface area contributed by atoms with E-state index in [0.29, 0.717) is 15.8 Å². The van der Waals surface area contributed by atoms with E-state index in [2.05, 4.69) is 20.6 Å². The summed E-state index contributed by atoms with van der Waals surface area (Å²) in [5.41, 5.74) is 1.92. The lowest BCUT2D eigenvalue weighted by Gasteiger charge is -2.16. The van der Waals surface area contributed by atoms with E-state index in [1.165, 1.54) is 6.07 Å². The Kier molecular flexibility index (Phi) is 6.08. The highest BCUT2D eigenvalue weighted by molar-refractivity contribution is 7.80. The minimum Gasteiger partial charge on any atom is -0.771 e. The Balaban J connectivity index is 1.58. The molecule has 0 radical (unpaired) electrons. The number of benzene rings is 1. The van der Waals surface area contributed by atoms with E-state index < -0.39 is 28.1 Å². The van der Waals surface area contributed by atoms with E-state index in [4.69, 9.17) is 0 Å².